The maximum atomic E-state index is 12.1. The molecule has 6 nitrogen and oxygen atoms in total. The predicted octanol–water partition coefficient (Wildman–Crippen LogP) is 0.894. The minimum atomic E-state index is -0.123. The quantitative estimate of drug-likeness (QED) is 0.211. The number of oxime groups is 1. The van der Waals surface area contributed by atoms with E-state index in [-0.39, 0.29) is 17.8 Å². The summed E-state index contributed by atoms with van der Waals surface area (Å²) in [5.41, 5.74) is 5.38. The Bertz CT molecular complexity index is 301. The highest BCUT2D eigenvalue weighted by atomic mass is 16.4. The van der Waals surface area contributed by atoms with Crippen molar-refractivity contribution in [3.8, 4) is 0 Å². The molecule has 1 fully saturated rings. The Kier molecular flexibility index (Phi) is 7.25. The molecule has 110 valence electrons. The van der Waals surface area contributed by atoms with E-state index in [2.05, 4.69) is 10.5 Å². The molecule has 0 aromatic heterocycles. The summed E-state index contributed by atoms with van der Waals surface area (Å²) < 4.78 is 0. The van der Waals surface area contributed by atoms with Crippen molar-refractivity contribution in [2.45, 2.75) is 51.5 Å². The minimum Gasteiger partial charge on any atom is -0.409 e. The zero-order valence-electron chi connectivity index (χ0n) is 11.8. The van der Waals surface area contributed by atoms with E-state index in [1.807, 2.05) is 11.8 Å². The molecule has 0 aliphatic carbocycles. The molecular formula is C13H26N4O2. The van der Waals surface area contributed by atoms with Gasteiger partial charge in [0.1, 0.15) is 5.84 Å². The van der Waals surface area contributed by atoms with Gasteiger partial charge in [0.2, 0.25) is 5.91 Å². The van der Waals surface area contributed by atoms with Crippen molar-refractivity contribution >= 4 is 11.7 Å². The minimum absolute atomic E-state index is 0.123. The number of carbonyl (C=O) groups is 1. The lowest BCUT2D eigenvalue weighted by atomic mass is 10.1. The van der Waals surface area contributed by atoms with Gasteiger partial charge in [-0.1, -0.05) is 5.16 Å². The molecule has 1 amide bonds. The van der Waals surface area contributed by atoms with Crippen LogP contribution in [0.5, 0.6) is 0 Å². The van der Waals surface area contributed by atoms with Crippen LogP contribution in [0.1, 0.15) is 45.4 Å². The van der Waals surface area contributed by atoms with Gasteiger partial charge in [-0.2, -0.15) is 0 Å². The van der Waals surface area contributed by atoms with Crippen molar-refractivity contribution in [3.63, 3.8) is 0 Å². The van der Waals surface area contributed by atoms with E-state index in [1.54, 1.807) is 0 Å². The lowest BCUT2D eigenvalue weighted by molar-refractivity contribution is -0.133. The molecule has 0 bridgehead atoms. The van der Waals surface area contributed by atoms with E-state index in [1.165, 1.54) is 6.42 Å². The van der Waals surface area contributed by atoms with Gasteiger partial charge in [0.05, 0.1) is 6.04 Å². The second-order valence-corrected chi connectivity index (χ2v) is 5.11. The molecule has 1 atom stereocenters. The summed E-state index contributed by atoms with van der Waals surface area (Å²) >= 11 is 0. The van der Waals surface area contributed by atoms with Crippen LogP contribution >= 0.6 is 0 Å². The molecule has 0 aromatic rings. The summed E-state index contributed by atoms with van der Waals surface area (Å²) in [6.07, 6.45) is 5.84. The Morgan fingerprint density at radius 3 is 2.68 bits per heavy atom. The van der Waals surface area contributed by atoms with Gasteiger partial charge in [0.25, 0.3) is 0 Å². The first-order valence-electron chi connectivity index (χ1n) is 7.13. The second kappa shape index (κ2) is 8.74. The summed E-state index contributed by atoms with van der Waals surface area (Å²) in [7, 11) is 0. The number of piperidine rings is 1. The van der Waals surface area contributed by atoms with Gasteiger partial charge in [-0.15, -0.1) is 0 Å². The first-order valence-corrected chi connectivity index (χ1v) is 7.13. The zero-order valence-corrected chi connectivity index (χ0v) is 11.8. The number of hydrogen-bond donors (Lipinski definition) is 3. The molecule has 1 aliphatic rings. The topological polar surface area (TPSA) is 91.0 Å². The number of unbranched alkanes of at least 4 members (excludes halogenated alkanes) is 1. The maximum Gasteiger partial charge on any atom is 0.239 e. The fourth-order valence-corrected chi connectivity index (χ4v) is 2.28. The van der Waals surface area contributed by atoms with Crippen molar-refractivity contribution in [3.05, 3.63) is 0 Å². The fraction of sp³-hybridized carbons (Fsp3) is 0.846. The van der Waals surface area contributed by atoms with Gasteiger partial charge in [0, 0.05) is 19.5 Å². The average Bonchev–Trinajstić information content (AvgIpc) is 2.46. The Morgan fingerprint density at radius 2 is 2.05 bits per heavy atom. The van der Waals surface area contributed by atoms with Gasteiger partial charge in [-0.3, -0.25) is 4.79 Å². The molecule has 19 heavy (non-hydrogen) atoms. The molecule has 1 unspecified atom stereocenters. The molecule has 1 aliphatic heterocycles. The standard InChI is InChI=1S/C13H26N4O2/c1-11(13(18)17-9-5-2-6-10-17)15-8-4-3-7-12(14)16-19/h11,15,19H,2-10H2,1H3,(H2,14,16). The number of nitrogens with one attached hydrogen (secondary N) is 1. The molecule has 1 saturated heterocycles. The maximum absolute atomic E-state index is 12.1. The molecule has 1 heterocycles. The highest BCUT2D eigenvalue weighted by molar-refractivity contribution is 5.81. The SMILES string of the molecule is CC(NCCCCC(N)=NO)C(=O)N1CCCCC1. The van der Waals surface area contributed by atoms with E-state index < -0.39 is 0 Å². The zero-order chi connectivity index (χ0) is 14.1. The normalized spacial score (nSPS) is 18.4. The van der Waals surface area contributed by atoms with Crippen molar-refractivity contribution in [1.29, 1.82) is 0 Å². The Hall–Kier alpha value is -1.30. The van der Waals surface area contributed by atoms with Gasteiger partial charge in [-0.05, 0) is 45.6 Å². The van der Waals surface area contributed by atoms with E-state index in [4.69, 9.17) is 10.9 Å². The van der Waals surface area contributed by atoms with Crippen LogP contribution < -0.4 is 11.1 Å². The van der Waals surface area contributed by atoms with Crippen LogP contribution in [0.4, 0.5) is 0 Å². The lowest BCUT2D eigenvalue weighted by Gasteiger charge is -2.29. The molecule has 4 N–H and O–H groups in total. The van der Waals surface area contributed by atoms with Crippen LogP contribution in [0.2, 0.25) is 0 Å². The van der Waals surface area contributed by atoms with Crippen LogP contribution in [0.3, 0.4) is 0 Å². The van der Waals surface area contributed by atoms with Crippen LogP contribution in [0.25, 0.3) is 0 Å². The second-order valence-electron chi connectivity index (χ2n) is 5.11. The molecule has 6 heteroatoms. The van der Waals surface area contributed by atoms with Crippen molar-refractivity contribution < 1.29 is 10.0 Å². The fourth-order valence-electron chi connectivity index (χ4n) is 2.28. The van der Waals surface area contributed by atoms with E-state index in [0.717, 1.165) is 45.3 Å². The largest absolute Gasteiger partial charge is 0.409 e. The highest BCUT2D eigenvalue weighted by Gasteiger charge is 2.21. The first kappa shape index (κ1) is 15.8. The van der Waals surface area contributed by atoms with Crippen molar-refractivity contribution in [1.82, 2.24) is 10.2 Å². The van der Waals surface area contributed by atoms with Crippen LogP contribution in [-0.2, 0) is 4.79 Å². The average molecular weight is 270 g/mol. The number of amidine groups is 1. The Morgan fingerprint density at radius 1 is 1.37 bits per heavy atom. The summed E-state index contributed by atoms with van der Waals surface area (Å²) in [5, 5.41) is 14.6. The predicted molar refractivity (Wildman–Crippen MR) is 75.2 cm³/mol. The number of likely N-dealkylation sites (tertiary alicyclic amines) is 1. The van der Waals surface area contributed by atoms with Crippen LogP contribution in [0, 0.1) is 0 Å². The summed E-state index contributed by atoms with van der Waals surface area (Å²) in [5.74, 6) is 0.466. The van der Waals surface area contributed by atoms with Gasteiger partial charge >= 0.3 is 0 Å². The number of nitrogens with two attached hydrogens (primary N) is 1. The summed E-state index contributed by atoms with van der Waals surface area (Å²) in [6, 6.07) is -0.123. The molecule has 0 radical (unpaired) electrons. The number of hydrogen-bond acceptors (Lipinski definition) is 4. The molecule has 1 rings (SSSR count). The van der Waals surface area contributed by atoms with Crippen LogP contribution in [0.15, 0.2) is 5.16 Å². The van der Waals surface area contributed by atoms with E-state index in [0.29, 0.717) is 6.42 Å². The number of rotatable bonds is 7. The number of amides is 1. The van der Waals surface area contributed by atoms with Crippen LogP contribution in [-0.4, -0.2) is 47.5 Å². The van der Waals surface area contributed by atoms with Gasteiger partial charge in [-0.25, -0.2) is 0 Å². The third kappa shape index (κ3) is 5.92. The van der Waals surface area contributed by atoms with E-state index >= 15 is 0 Å². The Labute approximate surface area is 115 Å². The number of carbonyl (C=O) groups excluding carboxylic acids is 1. The summed E-state index contributed by atoms with van der Waals surface area (Å²) in [4.78, 5) is 14.1. The number of nitrogens with zero attached hydrogens (tertiary/aromatic N) is 2. The van der Waals surface area contributed by atoms with Crippen molar-refractivity contribution in [2.75, 3.05) is 19.6 Å². The van der Waals surface area contributed by atoms with Gasteiger partial charge in [0.15, 0.2) is 0 Å². The summed E-state index contributed by atoms with van der Waals surface area (Å²) in [6.45, 7) is 4.49. The molecular weight excluding hydrogens is 244 g/mol. The van der Waals surface area contributed by atoms with E-state index in [9.17, 15) is 4.79 Å². The highest BCUT2D eigenvalue weighted by Crippen LogP contribution is 2.09. The van der Waals surface area contributed by atoms with Crippen molar-refractivity contribution in [2.24, 2.45) is 10.9 Å². The first-order chi connectivity index (χ1) is 9.15. The monoisotopic (exact) mass is 270 g/mol. The third-order valence-electron chi connectivity index (χ3n) is 3.48. The molecule has 0 saturated carbocycles. The smallest absolute Gasteiger partial charge is 0.239 e. The lowest BCUT2D eigenvalue weighted by Crippen LogP contribution is -2.47. The molecule has 0 aromatic carbocycles. The third-order valence-corrected chi connectivity index (χ3v) is 3.48. The molecule has 0 spiro atoms. The Balaban J connectivity index is 2.12. The van der Waals surface area contributed by atoms with Gasteiger partial charge < -0.3 is 21.2 Å².